The Morgan fingerprint density at radius 3 is 2.82 bits per heavy atom. The quantitative estimate of drug-likeness (QED) is 0.510. The molecule has 2 heterocycles. The highest BCUT2D eigenvalue weighted by Gasteiger charge is 2.49. The summed E-state index contributed by atoms with van der Waals surface area (Å²) in [6.07, 6.45) is 2.68. The molecule has 0 bridgehead atoms. The number of likely N-dealkylation sites (N-methyl/N-ethyl adjacent to an activating group) is 2. The average molecular weight is 156 g/mol. The van der Waals surface area contributed by atoms with Crippen molar-refractivity contribution >= 4 is 0 Å². The van der Waals surface area contributed by atoms with E-state index in [9.17, 15) is 0 Å². The van der Waals surface area contributed by atoms with Gasteiger partial charge in [0.25, 0.3) is 0 Å². The van der Waals surface area contributed by atoms with Gasteiger partial charge in [-0.15, -0.1) is 0 Å². The van der Waals surface area contributed by atoms with Crippen LogP contribution < -0.4 is 0 Å². The second-order valence-electron chi connectivity index (χ2n) is 3.56. The van der Waals surface area contributed by atoms with E-state index in [2.05, 4.69) is 30.8 Å². The minimum atomic E-state index is 0.427. The van der Waals surface area contributed by atoms with Gasteiger partial charge in [0.1, 0.15) is 12.3 Å². The van der Waals surface area contributed by atoms with Crippen molar-refractivity contribution in [2.24, 2.45) is 0 Å². The highest BCUT2D eigenvalue weighted by molar-refractivity contribution is 4.93. The molecule has 11 heavy (non-hydrogen) atoms. The van der Waals surface area contributed by atoms with Crippen molar-refractivity contribution in [3.05, 3.63) is 0 Å². The highest BCUT2D eigenvalue weighted by atomic mass is 16.6. The number of hydrogen-bond donors (Lipinski definition) is 0. The van der Waals surface area contributed by atoms with Crippen LogP contribution >= 0.6 is 0 Å². The summed E-state index contributed by atoms with van der Waals surface area (Å²) in [6, 6.07) is 0. The molecule has 0 radical (unpaired) electrons. The summed E-state index contributed by atoms with van der Waals surface area (Å²) in [5.74, 6) is 0. The Kier molecular flexibility index (Phi) is 1.67. The largest absolute Gasteiger partial charge is 0.352 e. The van der Waals surface area contributed by atoms with Crippen LogP contribution in [-0.2, 0) is 4.74 Å². The Morgan fingerprint density at radius 1 is 1.45 bits per heavy atom. The van der Waals surface area contributed by atoms with Gasteiger partial charge in [0, 0.05) is 6.54 Å². The monoisotopic (exact) mass is 156 g/mol. The fourth-order valence-corrected chi connectivity index (χ4v) is 2.11. The van der Waals surface area contributed by atoms with Crippen molar-refractivity contribution in [1.82, 2.24) is 9.80 Å². The molecule has 2 saturated heterocycles. The van der Waals surface area contributed by atoms with Gasteiger partial charge < -0.3 is 4.74 Å². The first-order chi connectivity index (χ1) is 5.24. The van der Waals surface area contributed by atoms with E-state index < -0.39 is 0 Å². The molecule has 2 fully saturated rings. The maximum absolute atomic E-state index is 5.48. The minimum Gasteiger partial charge on any atom is -0.352 e. The first kappa shape index (κ1) is 7.53. The van der Waals surface area contributed by atoms with Crippen molar-refractivity contribution in [1.29, 1.82) is 0 Å². The summed E-state index contributed by atoms with van der Waals surface area (Å²) < 4.78 is 5.48. The third-order valence-electron chi connectivity index (χ3n) is 2.77. The lowest BCUT2D eigenvalue weighted by molar-refractivity contribution is 0.0367. The van der Waals surface area contributed by atoms with Gasteiger partial charge in [0.05, 0.1) is 6.17 Å². The zero-order valence-corrected chi connectivity index (χ0v) is 7.45. The van der Waals surface area contributed by atoms with Crippen molar-refractivity contribution in [2.75, 3.05) is 20.6 Å². The maximum Gasteiger partial charge on any atom is 0.140 e. The molecule has 0 saturated carbocycles. The summed E-state index contributed by atoms with van der Waals surface area (Å²) in [5, 5.41) is 0. The third kappa shape index (κ3) is 1.08. The molecule has 2 rings (SSSR count). The molecule has 3 unspecified atom stereocenters. The van der Waals surface area contributed by atoms with Crippen LogP contribution in [0, 0.1) is 0 Å². The first-order valence-electron chi connectivity index (χ1n) is 4.31. The van der Waals surface area contributed by atoms with Crippen molar-refractivity contribution in [3.63, 3.8) is 0 Å². The molecule has 0 N–H and O–H groups in total. The predicted molar refractivity (Wildman–Crippen MR) is 43.1 cm³/mol. The second kappa shape index (κ2) is 2.44. The van der Waals surface area contributed by atoms with Gasteiger partial charge in [-0.25, -0.2) is 0 Å². The summed E-state index contributed by atoms with van der Waals surface area (Å²) >= 11 is 0. The summed E-state index contributed by atoms with van der Waals surface area (Å²) in [4.78, 5) is 4.70. The predicted octanol–water partition coefficient (Wildman–Crippen LogP) is 0.325. The number of ether oxygens (including phenoxy) is 1. The second-order valence-corrected chi connectivity index (χ2v) is 3.56. The smallest absolute Gasteiger partial charge is 0.140 e. The van der Waals surface area contributed by atoms with Crippen LogP contribution in [0.3, 0.4) is 0 Å². The van der Waals surface area contributed by atoms with Crippen LogP contribution in [0.25, 0.3) is 0 Å². The summed E-state index contributed by atoms with van der Waals surface area (Å²) in [6.45, 7) is 3.33. The zero-order chi connectivity index (χ0) is 8.01. The van der Waals surface area contributed by atoms with Gasteiger partial charge in [0.2, 0.25) is 0 Å². The van der Waals surface area contributed by atoms with Crippen molar-refractivity contribution in [3.8, 4) is 0 Å². The zero-order valence-electron chi connectivity index (χ0n) is 7.45. The fourth-order valence-electron chi connectivity index (χ4n) is 2.11. The molecule has 3 nitrogen and oxygen atoms in total. The van der Waals surface area contributed by atoms with E-state index in [0.29, 0.717) is 18.5 Å². The van der Waals surface area contributed by atoms with E-state index in [-0.39, 0.29) is 0 Å². The van der Waals surface area contributed by atoms with Gasteiger partial charge in [-0.2, -0.15) is 0 Å². The van der Waals surface area contributed by atoms with E-state index in [0.717, 1.165) is 6.54 Å². The van der Waals surface area contributed by atoms with Gasteiger partial charge in [-0.05, 0) is 20.5 Å². The molecule has 64 valence electrons. The SMILES string of the molecule is CCC1N(C)CC2OC2N1C. The fraction of sp³-hybridized carbons (Fsp3) is 1.00. The Hall–Kier alpha value is -0.120. The molecule has 2 aliphatic heterocycles. The molecular weight excluding hydrogens is 140 g/mol. The lowest BCUT2D eigenvalue weighted by Crippen LogP contribution is -2.51. The number of hydrogen-bond acceptors (Lipinski definition) is 3. The minimum absolute atomic E-state index is 0.427. The van der Waals surface area contributed by atoms with Crippen LogP contribution in [0.2, 0.25) is 0 Å². The Morgan fingerprint density at radius 2 is 2.18 bits per heavy atom. The average Bonchev–Trinajstić information content (AvgIpc) is 2.68. The first-order valence-corrected chi connectivity index (χ1v) is 4.31. The summed E-state index contributed by atoms with van der Waals surface area (Å²) in [7, 11) is 4.32. The normalized spacial score (nSPS) is 45.5. The lowest BCUT2D eigenvalue weighted by atomic mass is 10.2. The standard InChI is InChI=1S/C8H16N2O/c1-4-7-9(2)5-6-8(11-6)10(7)3/h6-8H,4-5H2,1-3H3. The van der Waals surface area contributed by atoms with E-state index in [4.69, 9.17) is 4.74 Å². The third-order valence-corrected chi connectivity index (χ3v) is 2.77. The number of rotatable bonds is 1. The number of nitrogens with zero attached hydrogens (tertiary/aromatic N) is 2. The van der Waals surface area contributed by atoms with Crippen molar-refractivity contribution in [2.45, 2.75) is 31.8 Å². The Bertz CT molecular complexity index is 162. The molecule has 2 aliphatic rings. The molecule has 0 aliphatic carbocycles. The topological polar surface area (TPSA) is 19.0 Å². The maximum atomic E-state index is 5.48. The Labute approximate surface area is 67.9 Å². The lowest BCUT2D eigenvalue weighted by Gasteiger charge is -2.36. The molecular formula is C8H16N2O. The molecule has 0 aromatic heterocycles. The molecule has 3 heteroatoms. The van der Waals surface area contributed by atoms with Crippen LogP contribution in [-0.4, -0.2) is 48.9 Å². The van der Waals surface area contributed by atoms with Gasteiger partial charge in [0.15, 0.2) is 0 Å². The number of fused-ring (bicyclic) bond motifs is 1. The molecule has 0 aromatic rings. The molecule has 3 atom stereocenters. The van der Waals surface area contributed by atoms with Gasteiger partial charge in [-0.1, -0.05) is 6.92 Å². The van der Waals surface area contributed by atoms with E-state index in [1.54, 1.807) is 0 Å². The number of epoxide rings is 1. The van der Waals surface area contributed by atoms with Crippen LogP contribution in [0.5, 0.6) is 0 Å². The molecule has 0 spiro atoms. The van der Waals surface area contributed by atoms with Crippen LogP contribution in [0.1, 0.15) is 13.3 Å². The van der Waals surface area contributed by atoms with Crippen LogP contribution in [0.15, 0.2) is 0 Å². The van der Waals surface area contributed by atoms with E-state index in [1.165, 1.54) is 6.42 Å². The highest BCUT2D eigenvalue weighted by Crippen LogP contribution is 2.33. The molecule has 0 amide bonds. The molecule has 0 aromatic carbocycles. The summed E-state index contributed by atoms with van der Waals surface area (Å²) in [5.41, 5.74) is 0. The van der Waals surface area contributed by atoms with Gasteiger partial charge >= 0.3 is 0 Å². The van der Waals surface area contributed by atoms with Crippen molar-refractivity contribution < 1.29 is 4.74 Å². The van der Waals surface area contributed by atoms with E-state index in [1.807, 2.05) is 0 Å². The van der Waals surface area contributed by atoms with Gasteiger partial charge in [-0.3, -0.25) is 9.80 Å². The Balaban J connectivity index is 2.05. The van der Waals surface area contributed by atoms with E-state index >= 15 is 0 Å². The van der Waals surface area contributed by atoms with Crippen LogP contribution in [0.4, 0.5) is 0 Å².